The molecule has 1 unspecified atom stereocenters. The van der Waals surface area contributed by atoms with Crippen molar-refractivity contribution in [2.24, 2.45) is 0 Å². The Morgan fingerprint density at radius 2 is 2.44 bits per heavy atom. The predicted molar refractivity (Wildman–Crippen MR) is 64.2 cm³/mol. The topological polar surface area (TPSA) is 51.2 Å². The molecule has 86 valence electrons. The standard InChI is InChI=1S/C11H13BrN2O2/c1-11(6-3-7-16-11)10(15)14-9-5-2-4-8(12)13-9/h2,4-5H,3,6-7H2,1H3,(H,13,14,15). The summed E-state index contributed by atoms with van der Waals surface area (Å²) in [6.45, 7) is 2.46. The number of carbonyl (C=O) groups excluding carboxylic acids is 1. The third-order valence-electron chi connectivity index (χ3n) is 2.66. The van der Waals surface area contributed by atoms with Gasteiger partial charge in [-0.2, -0.15) is 0 Å². The maximum Gasteiger partial charge on any atom is 0.257 e. The number of ether oxygens (including phenoxy) is 1. The molecule has 1 fully saturated rings. The first-order valence-corrected chi connectivity index (χ1v) is 5.97. The number of pyridine rings is 1. The number of rotatable bonds is 2. The monoisotopic (exact) mass is 284 g/mol. The van der Waals surface area contributed by atoms with Crippen LogP contribution in [-0.4, -0.2) is 23.1 Å². The van der Waals surface area contributed by atoms with Crippen LogP contribution in [0.3, 0.4) is 0 Å². The van der Waals surface area contributed by atoms with E-state index in [1.807, 2.05) is 19.1 Å². The highest BCUT2D eigenvalue weighted by atomic mass is 79.9. The second-order valence-corrected chi connectivity index (χ2v) is 4.80. The maximum atomic E-state index is 12.0. The number of nitrogens with one attached hydrogen (secondary N) is 1. The number of halogens is 1. The Kier molecular flexibility index (Phi) is 3.25. The van der Waals surface area contributed by atoms with Gasteiger partial charge in [0.25, 0.3) is 5.91 Å². The normalized spacial score (nSPS) is 24.4. The van der Waals surface area contributed by atoms with Gasteiger partial charge < -0.3 is 10.1 Å². The number of aromatic nitrogens is 1. The molecule has 16 heavy (non-hydrogen) atoms. The van der Waals surface area contributed by atoms with Crippen LogP contribution < -0.4 is 5.32 Å². The Labute approximate surface area is 103 Å². The van der Waals surface area contributed by atoms with Crippen LogP contribution in [0.25, 0.3) is 0 Å². The molecule has 1 saturated heterocycles. The lowest BCUT2D eigenvalue weighted by atomic mass is 10.0. The van der Waals surface area contributed by atoms with Crippen molar-refractivity contribution in [2.75, 3.05) is 11.9 Å². The number of hydrogen-bond donors (Lipinski definition) is 1. The van der Waals surface area contributed by atoms with Crippen molar-refractivity contribution < 1.29 is 9.53 Å². The van der Waals surface area contributed by atoms with Crippen LogP contribution in [0.15, 0.2) is 22.8 Å². The summed E-state index contributed by atoms with van der Waals surface area (Å²) in [6.07, 6.45) is 1.68. The molecule has 0 radical (unpaired) electrons. The molecule has 0 spiro atoms. The number of carbonyl (C=O) groups is 1. The van der Waals surface area contributed by atoms with Gasteiger partial charge in [-0.3, -0.25) is 4.79 Å². The molecule has 0 bridgehead atoms. The molecule has 5 heteroatoms. The van der Waals surface area contributed by atoms with Crippen molar-refractivity contribution in [3.05, 3.63) is 22.8 Å². The zero-order chi connectivity index (χ0) is 11.6. The lowest BCUT2D eigenvalue weighted by Crippen LogP contribution is -2.39. The van der Waals surface area contributed by atoms with Crippen molar-refractivity contribution >= 4 is 27.7 Å². The Bertz CT molecular complexity index is 403. The van der Waals surface area contributed by atoms with Crippen molar-refractivity contribution in [2.45, 2.75) is 25.4 Å². The lowest BCUT2D eigenvalue weighted by Gasteiger charge is -2.21. The molecule has 1 aromatic heterocycles. The van der Waals surface area contributed by atoms with Crippen LogP contribution >= 0.6 is 15.9 Å². The SMILES string of the molecule is CC1(C(=O)Nc2cccc(Br)n2)CCCO1. The first kappa shape index (κ1) is 11.5. The molecule has 0 aliphatic carbocycles. The van der Waals surface area contributed by atoms with Crippen LogP contribution in [0.4, 0.5) is 5.82 Å². The van der Waals surface area contributed by atoms with E-state index in [9.17, 15) is 4.79 Å². The molecule has 1 atom stereocenters. The lowest BCUT2D eigenvalue weighted by molar-refractivity contribution is -0.133. The minimum Gasteiger partial charge on any atom is -0.365 e. The van der Waals surface area contributed by atoms with Gasteiger partial charge in [-0.25, -0.2) is 4.98 Å². The van der Waals surface area contributed by atoms with Gasteiger partial charge >= 0.3 is 0 Å². The van der Waals surface area contributed by atoms with Crippen molar-refractivity contribution in [3.8, 4) is 0 Å². The van der Waals surface area contributed by atoms with Gasteiger partial charge in [0.05, 0.1) is 0 Å². The molecular weight excluding hydrogens is 272 g/mol. The third-order valence-corrected chi connectivity index (χ3v) is 3.10. The Morgan fingerprint density at radius 3 is 3.06 bits per heavy atom. The Balaban J connectivity index is 2.07. The molecule has 2 rings (SSSR count). The average molecular weight is 285 g/mol. The van der Waals surface area contributed by atoms with Crippen molar-refractivity contribution in [1.29, 1.82) is 0 Å². The second kappa shape index (κ2) is 4.51. The fourth-order valence-corrected chi connectivity index (χ4v) is 2.03. The first-order chi connectivity index (χ1) is 7.60. The number of anilines is 1. The van der Waals surface area contributed by atoms with E-state index in [1.54, 1.807) is 6.07 Å². The van der Waals surface area contributed by atoms with Gasteiger partial charge in [-0.1, -0.05) is 6.07 Å². The molecule has 0 aromatic carbocycles. The van der Waals surface area contributed by atoms with Crippen LogP contribution in [-0.2, 0) is 9.53 Å². The highest BCUT2D eigenvalue weighted by Crippen LogP contribution is 2.26. The molecule has 1 amide bonds. The molecule has 1 aromatic rings. The zero-order valence-corrected chi connectivity index (χ0v) is 10.6. The van der Waals surface area contributed by atoms with Gasteiger partial charge in [0.15, 0.2) is 0 Å². The summed E-state index contributed by atoms with van der Waals surface area (Å²) in [6, 6.07) is 5.38. The molecule has 0 saturated carbocycles. The summed E-state index contributed by atoms with van der Waals surface area (Å²) < 4.78 is 6.15. The second-order valence-electron chi connectivity index (χ2n) is 3.98. The Hall–Kier alpha value is -0.940. The molecule has 2 heterocycles. The first-order valence-electron chi connectivity index (χ1n) is 5.18. The average Bonchev–Trinajstić information content (AvgIpc) is 2.66. The van der Waals surface area contributed by atoms with Gasteiger partial charge in [0.2, 0.25) is 0 Å². The summed E-state index contributed by atoms with van der Waals surface area (Å²) in [7, 11) is 0. The fraction of sp³-hybridized carbons (Fsp3) is 0.455. The van der Waals surface area contributed by atoms with Crippen molar-refractivity contribution in [1.82, 2.24) is 4.98 Å². The van der Waals surface area contributed by atoms with E-state index in [0.29, 0.717) is 17.0 Å². The number of amides is 1. The summed E-state index contributed by atoms with van der Waals surface area (Å²) in [5.41, 5.74) is -0.704. The number of hydrogen-bond acceptors (Lipinski definition) is 3. The largest absolute Gasteiger partial charge is 0.365 e. The smallest absolute Gasteiger partial charge is 0.257 e. The van der Waals surface area contributed by atoms with Crippen molar-refractivity contribution in [3.63, 3.8) is 0 Å². The molecule has 1 N–H and O–H groups in total. The summed E-state index contributed by atoms with van der Waals surface area (Å²) in [4.78, 5) is 16.1. The van der Waals surface area contributed by atoms with E-state index in [0.717, 1.165) is 12.8 Å². The predicted octanol–water partition coefficient (Wildman–Crippen LogP) is 2.35. The van der Waals surface area contributed by atoms with Crippen LogP contribution in [0.2, 0.25) is 0 Å². The third kappa shape index (κ3) is 2.41. The minimum absolute atomic E-state index is 0.129. The minimum atomic E-state index is -0.704. The quantitative estimate of drug-likeness (QED) is 0.849. The van der Waals surface area contributed by atoms with Gasteiger partial charge in [0, 0.05) is 6.61 Å². The molecule has 1 aliphatic rings. The fourth-order valence-electron chi connectivity index (χ4n) is 1.68. The number of nitrogens with zero attached hydrogens (tertiary/aromatic N) is 1. The van der Waals surface area contributed by atoms with E-state index < -0.39 is 5.60 Å². The summed E-state index contributed by atoms with van der Waals surface area (Å²) >= 11 is 3.26. The summed E-state index contributed by atoms with van der Waals surface area (Å²) in [5.74, 6) is 0.409. The highest BCUT2D eigenvalue weighted by Gasteiger charge is 2.37. The molecular formula is C11H13BrN2O2. The van der Waals surface area contributed by atoms with Gasteiger partial charge in [0.1, 0.15) is 16.0 Å². The van der Waals surface area contributed by atoms with Gasteiger partial charge in [-0.05, 0) is 47.8 Å². The van der Waals surface area contributed by atoms with Crippen LogP contribution in [0.1, 0.15) is 19.8 Å². The van der Waals surface area contributed by atoms with Gasteiger partial charge in [-0.15, -0.1) is 0 Å². The van der Waals surface area contributed by atoms with E-state index in [1.165, 1.54) is 0 Å². The molecule has 4 nitrogen and oxygen atoms in total. The maximum absolute atomic E-state index is 12.0. The molecule has 1 aliphatic heterocycles. The Morgan fingerprint density at radius 1 is 1.62 bits per heavy atom. The van der Waals surface area contributed by atoms with E-state index in [4.69, 9.17) is 4.74 Å². The summed E-state index contributed by atoms with van der Waals surface area (Å²) in [5, 5.41) is 2.76. The van der Waals surface area contributed by atoms with E-state index >= 15 is 0 Å². The van der Waals surface area contributed by atoms with E-state index in [2.05, 4.69) is 26.2 Å². The van der Waals surface area contributed by atoms with Crippen LogP contribution in [0, 0.1) is 0 Å². The van der Waals surface area contributed by atoms with Crippen LogP contribution in [0.5, 0.6) is 0 Å². The van der Waals surface area contributed by atoms with E-state index in [-0.39, 0.29) is 5.91 Å². The zero-order valence-electron chi connectivity index (χ0n) is 9.00. The highest BCUT2D eigenvalue weighted by molar-refractivity contribution is 9.10.